The molecule has 2 rings (SSSR count). The van der Waals surface area contributed by atoms with E-state index in [1.54, 1.807) is 0 Å². The van der Waals surface area contributed by atoms with E-state index in [0.717, 1.165) is 11.5 Å². The van der Waals surface area contributed by atoms with Crippen LogP contribution in [0, 0.1) is 5.92 Å². The number of halogens is 1. The van der Waals surface area contributed by atoms with Gasteiger partial charge in [0.2, 0.25) is 5.29 Å². The molecule has 0 fully saturated rings. The third kappa shape index (κ3) is 2.25. The number of para-hydroxylation sites is 1. The molecule has 0 aromatic heterocycles. The Hall–Kier alpha value is -1.35. The normalized spacial score (nSPS) is 20.1. The molecule has 0 saturated carbocycles. The number of benzene rings is 1. The van der Waals surface area contributed by atoms with Crippen LogP contribution in [0.3, 0.4) is 0 Å². The molecular formula is C12H14ClN3. The second-order valence-corrected chi connectivity index (χ2v) is 4.21. The molecule has 1 aliphatic rings. The lowest BCUT2D eigenvalue weighted by atomic mass is 10.1. The Morgan fingerprint density at radius 3 is 2.69 bits per heavy atom. The summed E-state index contributed by atoms with van der Waals surface area (Å²) in [7, 11) is 2.00. The molecule has 0 spiro atoms. The van der Waals surface area contributed by atoms with Gasteiger partial charge in [0.25, 0.3) is 0 Å². The Kier molecular flexibility index (Phi) is 3.25. The molecule has 0 unspecified atom stereocenters. The zero-order valence-electron chi connectivity index (χ0n) is 9.39. The van der Waals surface area contributed by atoms with Gasteiger partial charge in [-0.05, 0) is 23.7 Å². The molecule has 1 aromatic rings. The molecular weight excluding hydrogens is 222 g/mol. The quantitative estimate of drug-likeness (QED) is 0.688. The summed E-state index contributed by atoms with van der Waals surface area (Å²) < 4.78 is 0. The number of hydrogen-bond acceptors (Lipinski definition) is 3. The zero-order chi connectivity index (χ0) is 11.5. The number of rotatable bonds is 1. The van der Waals surface area contributed by atoms with Crippen LogP contribution >= 0.6 is 11.6 Å². The van der Waals surface area contributed by atoms with Crippen molar-refractivity contribution in [2.24, 2.45) is 15.9 Å². The Morgan fingerprint density at radius 1 is 1.31 bits per heavy atom. The maximum absolute atomic E-state index is 5.84. The highest BCUT2D eigenvalue weighted by Crippen LogP contribution is 2.18. The van der Waals surface area contributed by atoms with E-state index in [9.17, 15) is 0 Å². The first-order chi connectivity index (χ1) is 7.68. The van der Waals surface area contributed by atoms with Crippen LogP contribution in [-0.2, 0) is 0 Å². The number of nitrogens with zero attached hydrogens (tertiary/aromatic N) is 3. The molecule has 0 amide bonds. The average molecular weight is 236 g/mol. The summed E-state index contributed by atoms with van der Waals surface area (Å²) >= 11 is 5.84. The zero-order valence-corrected chi connectivity index (χ0v) is 10.1. The van der Waals surface area contributed by atoms with Crippen LogP contribution in [-0.4, -0.2) is 24.7 Å². The van der Waals surface area contributed by atoms with E-state index >= 15 is 0 Å². The second-order valence-electron chi connectivity index (χ2n) is 3.88. The molecule has 4 heteroatoms. The molecule has 0 bridgehead atoms. The fourth-order valence-corrected chi connectivity index (χ4v) is 1.88. The Labute approximate surface area is 100 Å². The van der Waals surface area contributed by atoms with Crippen LogP contribution in [0.4, 0.5) is 5.69 Å². The van der Waals surface area contributed by atoms with Crippen molar-refractivity contribution < 1.29 is 0 Å². The predicted molar refractivity (Wildman–Crippen MR) is 69.6 cm³/mol. The summed E-state index contributed by atoms with van der Waals surface area (Å²) in [5.74, 6) is 1.26. The monoisotopic (exact) mass is 235 g/mol. The maximum atomic E-state index is 5.84. The van der Waals surface area contributed by atoms with Crippen molar-refractivity contribution >= 4 is 28.4 Å². The first kappa shape index (κ1) is 11.1. The lowest BCUT2D eigenvalue weighted by molar-refractivity contribution is 0.759. The summed E-state index contributed by atoms with van der Waals surface area (Å²) in [4.78, 5) is 10.5. The fraction of sp³-hybridized carbons (Fsp3) is 0.333. The van der Waals surface area contributed by atoms with Gasteiger partial charge < -0.3 is 4.90 Å². The van der Waals surface area contributed by atoms with Gasteiger partial charge in [0.1, 0.15) is 5.84 Å². The van der Waals surface area contributed by atoms with Crippen LogP contribution < -0.4 is 4.90 Å². The van der Waals surface area contributed by atoms with E-state index < -0.39 is 0 Å². The average Bonchev–Trinajstić information content (AvgIpc) is 2.32. The minimum atomic E-state index is 0.299. The molecule has 0 radical (unpaired) electrons. The SMILES string of the molecule is C[C@H]1CN=C(Cl)N=C1N(C)c1ccccc1. The van der Waals surface area contributed by atoms with Gasteiger partial charge in [-0.1, -0.05) is 25.1 Å². The van der Waals surface area contributed by atoms with E-state index in [4.69, 9.17) is 11.6 Å². The number of aliphatic imine (C=N–C) groups is 2. The van der Waals surface area contributed by atoms with Gasteiger partial charge in [-0.25, -0.2) is 4.99 Å². The van der Waals surface area contributed by atoms with Crippen molar-refractivity contribution in [1.82, 2.24) is 0 Å². The highest BCUT2D eigenvalue weighted by molar-refractivity contribution is 6.66. The molecule has 3 nitrogen and oxygen atoms in total. The minimum absolute atomic E-state index is 0.299. The maximum Gasteiger partial charge on any atom is 0.219 e. The van der Waals surface area contributed by atoms with Crippen molar-refractivity contribution in [2.45, 2.75) is 6.92 Å². The van der Waals surface area contributed by atoms with Crippen LogP contribution in [0.1, 0.15) is 6.92 Å². The van der Waals surface area contributed by atoms with Crippen molar-refractivity contribution in [1.29, 1.82) is 0 Å². The number of hydrogen-bond donors (Lipinski definition) is 0. The smallest absolute Gasteiger partial charge is 0.219 e. The largest absolute Gasteiger partial charge is 0.333 e. The highest BCUT2D eigenvalue weighted by Gasteiger charge is 2.20. The third-order valence-corrected chi connectivity index (χ3v) is 2.83. The number of amidine groups is 2. The Bertz CT molecular complexity index is 425. The van der Waals surface area contributed by atoms with Crippen molar-refractivity contribution in [2.75, 3.05) is 18.5 Å². The summed E-state index contributed by atoms with van der Waals surface area (Å²) in [5.41, 5.74) is 1.11. The minimum Gasteiger partial charge on any atom is -0.333 e. The summed E-state index contributed by atoms with van der Waals surface area (Å²) in [6, 6.07) is 10.1. The molecule has 1 aromatic carbocycles. The lowest BCUT2D eigenvalue weighted by Gasteiger charge is -2.26. The van der Waals surface area contributed by atoms with Crippen LogP contribution in [0.25, 0.3) is 0 Å². The van der Waals surface area contributed by atoms with Crippen LogP contribution in [0.5, 0.6) is 0 Å². The summed E-state index contributed by atoms with van der Waals surface area (Å²) in [6.07, 6.45) is 0. The second kappa shape index (κ2) is 4.66. The van der Waals surface area contributed by atoms with E-state index in [1.807, 2.05) is 25.2 Å². The number of anilines is 1. The van der Waals surface area contributed by atoms with Crippen LogP contribution in [0.2, 0.25) is 0 Å². The first-order valence-corrected chi connectivity index (χ1v) is 5.63. The van der Waals surface area contributed by atoms with Gasteiger partial charge in [-0.2, -0.15) is 0 Å². The predicted octanol–water partition coefficient (Wildman–Crippen LogP) is 2.77. The molecule has 0 aliphatic carbocycles. The molecule has 1 heterocycles. The third-order valence-electron chi connectivity index (χ3n) is 2.63. The van der Waals surface area contributed by atoms with E-state index in [2.05, 4.69) is 33.9 Å². The van der Waals surface area contributed by atoms with E-state index in [1.165, 1.54) is 0 Å². The van der Waals surface area contributed by atoms with Gasteiger partial charge >= 0.3 is 0 Å². The van der Waals surface area contributed by atoms with E-state index in [-0.39, 0.29) is 0 Å². The summed E-state index contributed by atoms with van der Waals surface area (Å²) in [5, 5.41) is 0.343. The summed E-state index contributed by atoms with van der Waals surface area (Å²) in [6.45, 7) is 2.81. The lowest BCUT2D eigenvalue weighted by Crippen LogP contribution is -2.35. The molecule has 16 heavy (non-hydrogen) atoms. The molecule has 0 saturated heterocycles. The fourth-order valence-electron chi connectivity index (χ4n) is 1.72. The van der Waals surface area contributed by atoms with Gasteiger partial charge in [-0.3, -0.25) is 4.99 Å². The van der Waals surface area contributed by atoms with Gasteiger partial charge in [0.05, 0.1) is 6.54 Å². The van der Waals surface area contributed by atoms with Crippen LogP contribution in [0.15, 0.2) is 40.3 Å². The molecule has 0 N–H and O–H groups in total. The highest BCUT2D eigenvalue weighted by atomic mass is 35.5. The molecule has 1 atom stereocenters. The molecule has 1 aliphatic heterocycles. The van der Waals surface area contributed by atoms with E-state index in [0.29, 0.717) is 17.8 Å². The first-order valence-electron chi connectivity index (χ1n) is 5.26. The van der Waals surface area contributed by atoms with Gasteiger partial charge in [-0.15, -0.1) is 0 Å². The van der Waals surface area contributed by atoms with Gasteiger partial charge in [0, 0.05) is 18.7 Å². The molecule has 84 valence electrons. The Balaban J connectivity index is 2.28. The standard InChI is InChI=1S/C12H14ClN3/c1-9-8-14-12(13)15-11(9)16(2)10-6-4-3-5-7-10/h3-7,9H,8H2,1-2H3/t9-/m0/s1. The Morgan fingerprint density at radius 2 is 2.00 bits per heavy atom. The van der Waals surface area contributed by atoms with Crippen molar-refractivity contribution in [3.8, 4) is 0 Å². The van der Waals surface area contributed by atoms with Crippen molar-refractivity contribution in [3.05, 3.63) is 30.3 Å². The van der Waals surface area contributed by atoms with Gasteiger partial charge in [0.15, 0.2) is 0 Å². The topological polar surface area (TPSA) is 28.0 Å². The van der Waals surface area contributed by atoms with Crippen molar-refractivity contribution in [3.63, 3.8) is 0 Å².